The van der Waals surface area contributed by atoms with Crippen LogP contribution in [0, 0.1) is 13.8 Å². The lowest BCUT2D eigenvalue weighted by molar-refractivity contribution is 0.0952. The van der Waals surface area contributed by atoms with Crippen LogP contribution >= 0.6 is 11.8 Å². The standard InChI is InChI=1S/C16H18N2OS/c1-4-17-15(19)13-6-5-9-18-16(13)20-14-8-7-11(2)10-12(14)3/h5-10H,4H2,1-3H3,(H,17,19). The van der Waals surface area contributed by atoms with Crippen molar-refractivity contribution >= 4 is 17.7 Å². The van der Waals surface area contributed by atoms with Gasteiger partial charge in [-0.05, 0) is 44.5 Å². The first-order valence-electron chi connectivity index (χ1n) is 6.60. The van der Waals surface area contributed by atoms with Gasteiger partial charge in [0.1, 0.15) is 5.03 Å². The van der Waals surface area contributed by atoms with Gasteiger partial charge in [0.25, 0.3) is 5.91 Å². The van der Waals surface area contributed by atoms with E-state index >= 15 is 0 Å². The molecule has 0 spiro atoms. The second-order valence-corrected chi connectivity index (χ2v) is 5.62. The predicted octanol–water partition coefficient (Wildman–Crippen LogP) is 3.60. The van der Waals surface area contributed by atoms with Crippen LogP contribution in [-0.2, 0) is 0 Å². The van der Waals surface area contributed by atoms with Crippen molar-refractivity contribution in [2.45, 2.75) is 30.7 Å². The van der Waals surface area contributed by atoms with E-state index in [9.17, 15) is 4.79 Å². The third-order valence-corrected chi connectivity index (χ3v) is 4.09. The van der Waals surface area contributed by atoms with Gasteiger partial charge in [0.05, 0.1) is 5.56 Å². The van der Waals surface area contributed by atoms with Crippen LogP contribution in [0.2, 0.25) is 0 Å². The Morgan fingerprint density at radius 3 is 2.80 bits per heavy atom. The molecular formula is C16H18N2OS. The number of aromatic nitrogens is 1. The molecule has 0 saturated carbocycles. The smallest absolute Gasteiger partial charge is 0.254 e. The van der Waals surface area contributed by atoms with Gasteiger partial charge in [-0.25, -0.2) is 4.98 Å². The average Bonchev–Trinajstić information content (AvgIpc) is 2.43. The summed E-state index contributed by atoms with van der Waals surface area (Å²) in [6.45, 7) is 6.67. The molecule has 0 aliphatic heterocycles. The van der Waals surface area contributed by atoms with Gasteiger partial charge in [0, 0.05) is 17.6 Å². The van der Waals surface area contributed by atoms with Crippen LogP contribution in [0.5, 0.6) is 0 Å². The maximum absolute atomic E-state index is 12.0. The number of carbonyl (C=O) groups excluding carboxylic acids is 1. The summed E-state index contributed by atoms with van der Waals surface area (Å²) < 4.78 is 0. The van der Waals surface area contributed by atoms with Gasteiger partial charge in [-0.1, -0.05) is 29.5 Å². The highest BCUT2D eigenvalue weighted by Crippen LogP contribution is 2.31. The molecular weight excluding hydrogens is 268 g/mol. The zero-order valence-corrected chi connectivity index (χ0v) is 12.8. The predicted molar refractivity (Wildman–Crippen MR) is 82.3 cm³/mol. The van der Waals surface area contributed by atoms with Crippen LogP contribution in [0.25, 0.3) is 0 Å². The Balaban J connectivity index is 2.31. The van der Waals surface area contributed by atoms with Crippen LogP contribution in [0.3, 0.4) is 0 Å². The summed E-state index contributed by atoms with van der Waals surface area (Å²) >= 11 is 1.53. The van der Waals surface area contributed by atoms with Crippen LogP contribution < -0.4 is 5.32 Å². The minimum absolute atomic E-state index is 0.0761. The number of carbonyl (C=O) groups is 1. The maximum Gasteiger partial charge on any atom is 0.254 e. The molecule has 2 aromatic rings. The average molecular weight is 286 g/mol. The van der Waals surface area contributed by atoms with Gasteiger partial charge in [0.2, 0.25) is 0 Å². The number of nitrogens with zero attached hydrogens (tertiary/aromatic N) is 1. The van der Waals surface area contributed by atoms with E-state index in [0.717, 1.165) is 9.92 Å². The van der Waals surface area contributed by atoms with Crippen LogP contribution in [-0.4, -0.2) is 17.4 Å². The molecule has 2 rings (SSSR count). The molecule has 0 unspecified atom stereocenters. The number of benzene rings is 1. The fourth-order valence-corrected chi connectivity index (χ4v) is 2.87. The summed E-state index contributed by atoms with van der Waals surface area (Å²) in [4.78, 5) is 17.5. The molecule has 1 amide bonds. The van der Waals surface area contributed by atoms with E-state index in [-0.39, 0.29) is 5.91 Å². The summed E-state index contributed by atoms with van der Waals surface area (Å²) in [6.07, 6.45) is 1.72. The number of aryl methyl sites for hydroxylation is 2. The van der Waals surface area contributed by atoms with Gasteiger partial charge in [-0.3, -0.25) is 4.79 Å². The second kappa shape index (κ2) is 6.57. The number of rotatable bonds is 4. The molecule has 0 aliphatic rings. The molecule has 0 aliphatic carbocycles. The van der Waals surface area contributed by atoms with E-state index < -0.39 is 0 Å². The summed E-state index contributed by atoms with van der Waals surface area (Å²) in [6, 6.07) is 9.88. The molecule has 0 atom stereocenters. The Bertz CT molecular complexity index is 626. The first-order valence-corrected chi connectivity index (χ1v) is 7.41. The summed E-state index contributed by atoms with van der Waals surface area (Å²) in [5.74, 6) is -0.0761. The van der Waals surface area contributed by atoms with E-state index in [0.29, 0.717) is 12.1 Å². The zero-order chi connectivity index (χ0) is 14.5. The van der Waals surface area contributed by atoms with Gasteiger partial charge >= 0.3 is 0 Å². The molecule has 3 nitrogen and oxygen atoms in total. The number of hydrogen-bond donors (Lipinski definition) is 1. The normalized spacial score (nSPS) is 10.3. The third-order valence-electron chi connectivity index (χ3n) is 2.89. The molecule has 1 N–H and O–H groups in total. The maximum atomic E-state index is 12.0. The SMILES string of the molecule is CCNC(=O)c1cccnc1Sc1ccc(C)cc1C. The lowest BCUT2D eigenvalue weighted by Gasteiger charge is -2.10. The van der Waals surface area contributed by atoms with Gasteiger partial charge < -0.3 is 5.32 Å². The van der Waals surface area contributed by atoms with E-state index in [2.05, 4.69) is 42.3 Å². The Morgan fingerprint density at radius 2 is 2.10 bits per heavy atom. The molecule has 1 aromatic carbocycles. The number of pyridine rings is 1. The molecule has 104 valence electrons. The highest BCUT2D eigenvalue weighted by Gasteiger charge is 2.13. The van der Waals surface area contributed by atoms with Crippen molar-refractivity contribution in [3.8, 4) is 0 Å². The molecule has 0 bridgehead atoms. The van der Waals surface area contributed by atoms with Gasteiger partial charge in [-0.15, -0.1) is 0 Å². The lowest BCUT2D eigenvalue weighted by atomic mass is 10.2. The molecule has 1 heterocycles. The van der Waals surface area contributed by atoms with E-state index in [1.54, 1.807) is 12.3 Å². The second-order valence-electron chi connectivity index (χ2n) is 4.59. The molecule has 20 heavy (non-hydrogen) atoms. The first-order chi connectivity index (χ1) is 9.61. The van der Waals surface area contributed by atoms with Crippen molar-refractivity contribution in [1.82, 2.24) is 10.3 Å². The van der Waals surface area contributed by atoms with Crippen LogP contribution in [0.1, 0.15) is 28.4 Å². The Hall–Kier alpha value is -1.81. The van der Waals surface area contributed by atoms with E-state index in [4.69, 9.17) is 0 Å². The van der Waals surface area contributed by atoms with Crippen LogP contribution in [0.4, 0.5) is 0 Å². The molecule has 1 aromatic heterocycles. The molecule has 0 fully saturated rings. The Labute approximate surface area is 123 Å². The monoisotopic (exact) mass is 286 g/mol. The van der Waals surface area contributed by atoms with Crippen molar-refractivity contribution in [3.05, 3.63) is 53.2 Å². The number of hydrogen-bond acceptors (Lipinski definition) is 3. The highest BCUT2D eigenvalue weighted by molar-refractivity contribution is 7.99. The fraction of sp³-hybridized carbons (Fsp3) is 0.250. The van der Waals surface area contributed by atoms with E-state index in [1.807, 2.05) is 13.0 Å². The van der Waals surface area contributed by atoms with E-state index in [1.165, 1.54) is 22.9 Å². The summed E-state index contributed by atoms with van der Waals surface area (Å²) in [5.41, 5.74) is 3.05. The molecule has 0 radical (unpaired) electrons. The number of nitrogens with one attached hydrogen (secondary N) is 1. The largest absolute Gasteiger partial charge is 0.352 e. The van der Waals surface area contributed by atoms with Gasteiger partial charge in [0.15, 0.2) is 0 Å². The van der Waals surface area contributed by atoms with Crippen molar-refractivity contribution < 1.29 is 4.79 Å². The lowest BCUT2D eigenvalue weighted by Crippen LogP contribution is -2.23. The van der Waals surface area contributed by atoms with Crippen molar-refractivity contribution in [3.63, 3.8) is 0 Å². The molecule has 4 heteroatoms. The Kier molecular flexibility index (Phi) is 4.79. The minimum Gasteiger partial charge on any atom is -0.352 e. The molecule has 0 saturated heterocycles. The van der Waals surface area contributed by atoms with Gasteiger partial charge in [-0.2, -0.15) is 0 Å². The topological polar surface area (TPSA) is 42.0 Å². The van der Waals surface area contributed by atoms with Crippen molar-refractivity contribution in [2.75, 3.05) is 6.54 Å². The highest BCUT2D eigenvalue weighted by atomic mass is 32.2. The fourth-order valence-electron chi connectivity index (χ4n) is 1.92. The minimum atomic E-state index is -0.0761. The summed E-state index contributed by atoms with van der Waals surface area (Å²) in [5, 5.41) is 3.56. The van der Waals surface area contributed by atoms with Crippen molar-refractivity contribution in [2.24, 2.45) is 0 Å². The first kappa shape index (κ1) is 14.6. The van der Waals surface area contributed by atoms with Crippen LogP contribution in [0.15, 0.2) is 46.5 Å². The van der Waals surface area contributed by atoms with Crippen molar-refractivity contribution in [1.29, 1.82) is 0 Å². The summed E-state index contributed by atoms with van der Waals surface area (Å²) in [7, 11) is 0. The Morgan fingerprint density at radius 1 is 1.30 bits per heavy atom. The quantitative estimate of drug-likeness (QED) is 0.933. The third kappa shape index (κ3) is 3.39. The number of amides is 1. The zero-order valence-electron chi connectivity index (χ0n) is 11.9.